The number of hydrogen-bond donors (Lipinski definition) is 1. The average Bonchev–Trinajstić information content (AvgIpc) is 2.38. The minimum Gasteiger partial charge on any atom is -0.482 e. The van der Waals surface area contributed by atoms with E-state index in [9.17, 15) is 4.79 Å². The van der Waals surface area contributed by atoms with Crippen molar-refractivity contribution in [2.24, 2.45) is 0 Å². The van der Waals surface area contributed by atoms with Crippen LogP contribution in [0.2, 0.25) is 0 Å². The maximum absolute atomic E-state index is 12.0. The average molecular weight is 241 g/mol. The maximum Gasteiger partial charge on any atom is 0.269 e. The molecule has 0 spiro atoms. The number of benzene rings is 1. The number of amides is 1. The molecule has 90 valence electrons. The summed E-state index contributed by atoms with van der Waals surface area (Å²) in [5.74, 6) is 0.941. The summed E-state index contributed by atoms with van der Waals surface area (Å²) in [6.07, 6.45) is 1.58. The Morgan fingerprint density at radius 3 is 2.94 bits per heavy atom. The van der Waals surface area contributed by atoms with Crippen LogP contribution >= 0.6 is 0 Å². The third kappa shape index (κ3) is 1.66. The van der Waals surface area contributed by atoms with Gasteiger partial charge in [0.2, 0.25) is 0 Å². The van der Waals surface area contributed by atoms with Gasteiger partial charge in [-0.1, -0.05) is 12.1 Å². The van der Waals surface area contributed by atoms with E-state index in [1.165, 1.54) is 0 Å². The molecule has 1 aromatic carbocycles. The predicted octanol–water partition coefficient (Wildman–Crippen LogP) is 1.72. The second-order valence-corrected chi connectivity index (χ2v) is 3.92. The molecule has 0 atom stereocenters. The fourth-order valence-corrected chi connectivity index (χ4v) is 1.96. The van der Waals surface area contributed by atoms with Crippen LogP contribution in [0.25, 0.3) is 0 Å². The van der Waals surface area contributed by atoms with E-state index < -0.39 is 0 Å². The second-order valence-electron chi connectivity index (χ2n) is 3.92. The molecule has 2 aromatic rings. The maximum atomic E-state index is 12.0. The minimum absolute atomic E-state index is 0.0270. The van der Waals surface area contributed by atoms with Crippen molar-refractivity contribution in [3.05, 3.63) is 42.6 Å². The van der Waals surface area contributed by atoms with E-state index in [-0.39, 0.29) is 12.5 Å². The van der Waals surface area contributed by atoms with E-state index in [2.05, 4.69) is 4.98 Å². The van der Waals surface area contributed by atoms with Crippen molar-refractivity contribution < 1.29 is 9.53 Å². The zero-order chi connectivity index (χ0) is 12.5. The van der Waals surface area contributed by atoms with Gasteiger partial charge < -0.3 is 10.5 Å². The lowest BCUT2D eigenvalue weighted by Gasteiger charge is -2.29. The van der Waals surface area contributed by atoms with E-state index in [0.717, 1.165) is 5.69 Å². The lowest BCUT2D eigenvalue weighted by atomic mass is 10.2. The number of rotatable bonds is 1. The van der Waals surface area contributed by atoms with Crippen LogP contribution < -0.4 is 15.4 Å². The normalized spacial score (nSPS) is 14.0. The molecule has 3 rings (SSSR count). The molecule has 0 radical (unpaired) electrons. The highest BCUT2D eigenvalue weighted by molar-refractivity contribution is 6.04. The minimum atomic E-state index is -0.126. The molecule has 1 aliphatic rings. The monoisotopic (exact) mass is 241 g/mol. The van der Waals surface area contributed by atoms with E-state index in [0.29, 0.717) is 17.3 Å². The first-order valence-electron chi connectivity index (χ1n) is 5.52. The van der Waals surface area contributed by atoms with E-state index in [4.69, 9.17) is 10.5 Å². The molecular formula is C13H11N3O2. The van der Waals surface area contributed by atoms with Gasteiger partial charge in [0.05, 0.1) is 11.4 Å². The Morgan fingerprint density at radius 1 is 1.28 bits per heavy atom. The summed E-state index contributed by atoms with van der Waals surface area (Å²) in [6, 6.07) is 10.8. The number of para-hydroxylation sites is 2. The molecule has 18 heavy (non-hydrogen) atoms. The Hall–Kier alpha value is -2.56. The molecule has 0 bridgehead atoms. The van der Waals surface area contributed by atoms with Gasteiger partial charge in [-0.3, -0.25) is 9.69 Å². The summed E-state index contributed by atoms with van der Waals surface area (Å²) in [5.41, 5.74) is 7.07. The lowest BCUT2D eigenvalue weighted by Crippen LogP contribution is -2.35. The highest BCUT2D eigenvalue weighted by atomic mass is 16.5. The Morgan fingerprint density at radius 2 is 2.11 bits per heavy atom. The topological polar surface area (TPSA) is 68.5 Å². The SMILES string of the molecule is Nc1cc(N2C(=O)COc3ccccc32)ccn1. The van der Waals surface area contributed by atoms with Crippen LogP contribution in [0.1, 0.15) is 0 Å². The number of nitrogens with zero attached hydrogens (tertiary/aromatic N) is 2. The molecule has 5 nitrogen and oxygen atoms in total. The van der Waals surface area contributed by atoms with Crippen molar-refractivity contribution in [1.29, 1.82) is 0 Å². The molecule has 2 N–H and O–H groups in total. The fourth-order valence-electron chi connectivity index (χ4n) is 1.96. The Bertz CT molecular complexity index is 613. The number of hydrogen-bond acceptors (Lipinski definition) is 4. The van der Waals surface area contributed by atoms with Gasteiger partial charge in [0.15, 0.2) is 6.61 Å². The zero-order valence-electron chi connectivity index (χ0n) is 9.54. The number of nitrogens with two attached hydrogens (primary N) is 1. The smallest absolute Gasteiger partial charge is 0.269 e. The van der Waals surface area contributed by atoms with Crippen molar-refractivity contribution >= 4 is 23.1 Å². The summed E-state index contributed by atoms with van der Waals surface area (Å²) in [6.45, 7) is 0.0270. The zero-order valence-corrected chi connectivity index (χ0v) is 9.54. The number of aromatic nitrogens is 1. The number of nitrogen functional groups attached to an aromatic ring is 1. The summed E-state index contributed by atoms with van der Waals surface area (Å²) in [7, 11) is 0. The largest absolute Gasteiger partial charge is 0.482 e. The quantitative estimate of drug-likeness (QED) is 0.825. The van der Waals surface area contributed by atoms with Crippen LogP contribution in [0.3, 0.4) is 0 Å². The Kier molecular flexibility index (Phi) is 2.37. The van der Waals surface area contributed by atoms with Gasteiger partial charge in [0.25, 0.3) is 5.91 Å². The highest BCUT2D eigenvalue weighted by Gasteiger charge is 2.26. The van der Waals surface area contributed by atoms with Gasteiger partial charge in [0, 0.05) is 12.3 Å². The van der Waals surface area contributed by atoms with Gasteiger partial charge in [-0.25, -0.2) is 4.98 Å². The van der Waals surface area contributed by atoms with E-state index >= 15 is 0 Å². The van der Waals surface area contributed by atoms with Gasteiger partial charge in [0.1, 0.15) is 11.6 Å². The van der Waals surface area contributed by atoms with Crippen molar-refractivity contribution in [3.8, 4) is 5.75 Å². The summed E-state index contributed by atoms with van der Waals surface area (Å²) < 4.78 is 5.38. The van der Waals surface area contributed by atoms with Crippen LogP contribution in [-0.4, -0.2) is 17.5 Å². The molecule has 1 aliphatic heterocycles. The van der Waals surface area contributed by atoms with Crippen LogP contribution in [0.5, 0.6) is 5.75 Å². The Labute approximate surface area is 104 Å². The molecule has 0 fully saturated rings. The molecule has 0 unspecified atom stereocenters. The van der Waals surface area contributed by atoms with Crippen molar-refractivity contribution in [2.75, 3.05) is 17.2 Å². The van der Waals surface area contributed by atoms with Crippen LogP contribution in [-0.2, 0) is 4.79 Å². The molecule has 2 heterocycles. The molecule has 1 amide bonds. The van der Waals surface area contributed by atoms with Crippen molar-refractivity contribution in [3.63, 3.8) is 0 Å². The number of fused-ring (bicyclic) bond motifs is 1. The van der Waals surface area contributed by atoms with Gasteiger partial charge in [-0.15, -0.1) is 0 Å². The lowest BCUT2D eigenvalue weighted by molar-refractivity contribution is -0.120. The van der Waals surface area contributed by atoms with Gasteiger partial charge in [-0.05, 0) is 18.2 Å². The number of ether oxygens (including phenoxy) is 1. The summed E-state index contributed by atoms with van der Waals surface area (Å²) in [4.78, 5) is 17.5. The molecular weight excluding hydrogens is 230 g/mol. The van der Waals surface area contributed by atoms with E-state index in [1.54, 1.807) is 23.2 Å². The molecule has 0 saturated heterocycles. The predicted molar refractivity (Wildman–Crippen MR) is 67.7 cm³/mol. The highest BCUT2D eigenvalue weighted by Crippen LogP contribution is 2.36. The first-order chi connectivity index (χ1) is 8.75. The Balaban J connectivity index is 2.13. The molecule has 1 aromatic heterocycles. The van der Waals surface area contributed by atoms with Crippen LogP contribution in [0, 0.1) is 0 Å². The number of pyridine rings is 1. The third-order valence-electron chi connectivity index (χ3n) is 2.73. The van der Waals surface area contributed by atoms with Gasteiger partial charge >= 0.3 is 0 Å². The fraction of sp³-hybridized carbons (Fsp3) is 0.0769. The number of anilines is 3. The molecule has 0 saturated carbocycles. The van der Waals surface area contributed by atoms with E-state index in [1.807, 2.05) is 24.3 Å². The summed E-state index contributed by atoms with van der Waals surface area (Å²) in [5, 5.41) is 0. The van der Waals surface area contributed by atoms with Crippen molar-refractivity contribution in [1.82, 2.24) is 4.98 Å². The molecule has 0 aliphatic carbocycles. The van der Waals surface area contributed by atoms with Crippen LogP contribution in [0.15, 0.2) is 42.6 Å². The van der Waals surface area contributed by atoms with Crippen LogP contribution in [0.4, 0.5) is 17.2 Å². The second kappa shape index (κ2) is 4.03. The first kappa shape index (κ1) is 10.6. The summed E-state index contributed by atoms with van der Waals surface area (Å²) >= 11 is 0. The third-order valence-corrected chi connectivity index (χ3v) is 2.73. The standard InChI is InChI=1S/C13H11N3O2/c14-12-7-9(5-6-15-12)16-10-3-1-2-4-11(10)18-8-13(16)17/h1-7H,8H2,(H2,14,15). The number of carbonyl (C=O) groups excluding carboxylic acids is 1. The van der Waals surface area contributed by atoms with Gasteiger partial charge in [-0.2, -0.15) is 0 Å². The van der Waals surface area contributed by atoms with Crippen molar-refractivity contribution in [2.45, 2.75) is 0 Å². The number of carbonyl (C=O) groups is 1. The first-order valence-corrected chi connectivity index (χ1v) is 5.52. The molecule has 5 heteroatoms.